The van der Waals surface area contributed by atoms with Gasteiger partial charge in [-0.3, -0.25) is 28.0 Å². The van der Waals surface area contributed by atoms with E-state index in [1.807, 2.05) is 20.8 Å². The number of hydrogen-bond donors (Lipinski definition) is 6. The Hall–Kier alpha value is -1.26. The SMILES string of the molecule is CCCCCC(=O)OC1C(OC(=O)CCCCC)C(OP(=O)(O)O)C(OP(=O)(O)O)C(OP(=O)(O)O)C1OC(=O)CCCCC. The lowest BCUT2D eigenvalue weighted by Gasteiger charge is -2.47. The minimum atomic E-state index is -5.73. The van der Waals surface area contributed by atoms with Crippen molar-refractivity contribution in [1.82, 2.24) is 0 Å². The quantitative estimate of drug-likeness (QED) is 0.0431. The van der Waals surface area contributed by atoms with Crippen LogP contribution in [0.15, 0.2) is 0 Å². The molecule has 0 spiro atoms. The van der Waals surface area contributed by atoms with Gasteiger partial charge in [-0.25, -0.2) is 13.7 Å². The van der Waals surface area contributed by atoms with Crippen LogP contribution in [-0.4, -0.2) is 83.9 Å². The number of esters is 3. The van der Waals surface area contributed by atoms with Crippen molar-refractivity contribution in [3.8, 4) is 0 Å². The topological polar surface area (TPSA) is 279 Å². The first-order valence-electron chi connectivity index (χ1n) is 14.6. The van der Waals surface area contributed by atoms with Gasteiger partial charge in [-0.1, -0.05) is 59.3 Å². The highest BCUT2D eigenvalue weighted by molar-refractivity contribution is 7.47. The van der Waals surface area contributed by atoms with Crippen molar-refractivity contribution in [1.29, 1.82) is 0 Å². The Bertz CT molecular complexity index is 1020. The number of unbranched alkanes of at least 4 members (excludes halogenated alkanes) is 6. The minimum Gasteiger partial charge on any atom is -0.455 e. The third-order valence-electron chi connectivity index (χ3n) is 6.48. The van der Waals surface area contributed by atoms with Gasteiger partial charge in [0.25, 0.3) is 0 Å². The number of rotatable bonds is 21. The largest absolute Gasteiger partial charge is 0.470 e. The summed E-state index contributed by atoms with van der Waals surface area (Å²) in [6.45, 7) is 5.54. The molecule has 4 unspecified atom stereocenters. The first-order chi connectivity index (χ1) is 20.8. The molecule has 0 heterocycles. The Morgan fingerprint density at radius 2 is 0.667 bits per heavy atom. The highest BCUT2D eigenvalue weighted by atomic mass is 31.2. The normalized spacial score (nSPS) is 24.2. The van der Waals surface area contributed by atoms with Gasteiger partial charge < -0.3 is 43.6 Å². The van der Waals surface area contributed by atoms with E-state index < -0.39 is 78.0 Å². The van der Waals surface area contributed by atoms with Gasteiger partial charge in [-0.05, 0) is 19.3 Å². The molecule has 1 fully saturated rings. The highest BCUT2D eigenvalue weighted by Gasteiger charge is 2.62. The van der Waals surface area contributed by atoms with E-state index >= 15 is 0 Å². The molecule has 0 aromatic heterocycles. The summed E-state index contributed by atoms with van der Waals surface area (Å²) in [6.07, 6.45) is -10.1. The Balaban J connectivity index is 3.88. The molecule has 0 aliphatic heterocycles. The van der Waals surface area contributed by atoms with Crippen LogP contribution < -0.4 is 0 Å². The lowest BCUT2D eigenvalue weighted by atomic mass is 9.84. The number of ether oxygens (including phenoxy) is 3. The summed E-state index contributed by atoms with van der Waals surface area (Å²) in [6, 6.07) is 0. The van der Waals surface area contributed by atoms with Crippen molar-refractivity contribution >= 4 is 41.4 Å². The molecule has 0 aromatic rings. The molecule has 18 nitrogen and oxygen atoms in total. The van der Waals surface area contributed by atoms with Gasteiger partial charge in [0.15, 0.2) is 18.3 Å². The summed E-state index contributed by atoms with van der Waals surface area (Å²) in [5, 5.41) is 0. The number of carbonyl (C=O) groups excluding carboxylic acids is 3. The molecule has 264 valence electrons. The Kier molecular flexibility index (Phi) is 18.1. The molecule has 45 heavy (non-hydrogen) atoms. The van der Waals surface area contributed by atoms with Crippen molar-refractivity contribution in [2.24, 2.45) is 0 Å². The van der Waals surface area contributed by atoms with Crippen LogP contribution in [0.3, 0.4) is 0 Å². The van der Waals surface area contributed by atoms with Gasteiger partial charge in [0.1, 0.15) is 18.3 Å². The molecule has 1 rings (SSSR count). The number of phosphoric acid groups is 3. The summed E-state index contributed by atoms with van der Waals surface area (Å²) < 4.78 is 66.5. The molecule has 21 heteroatoms. The van der Waals surface area contributed by atoms with Crippen LogP contribution in [-0.2, 0) is 55.9 Å². The van der Waals surface area contributed by atoms with Crippen molar-refractivity contribution < 1.29 is 85.2 Å². The van der Waals surface area contributed by atoms with Crippen LogP contribution in [0.5, 0.6) is 0 Å². The van der Waals surface area contributed by atoms with Crippen LogP contribution >= 0.6 is 23.5 Å². The van der Waals surface area contributed by atoms with Crippen molar-refractivity contribution in [2.45, 2.75) is 134 Å². The molecule has 1 saturated carbocycles. The summed E-state index contributed by atoms with van der Waals surface area (Å²) >= 11 is 0. The van der Waals surface area contributed by atoms with Gasteiger partial charge in [-0.2, -0.15) is 0 Å². The van der Waals surface area contributed by atoms with Crippen LogP contribution in [0.25, 0.3) is 0 Å². The molecule has 6 N–H and O–H groups in total. The van der Waals surface area contributed by atoms with Gasteiger partial charge in [0.05, 0.1) is 0 Å². The molecule has 1 aliphatic rings. The van der Waals surface area contributed by atoms with E-state index in [9.17, 15) is 57.4 Å². The minimum absolute atomic E-state index is 0.241. The predicted octanol–water partition coefficient (Wildman–Crippen LogP) is 2.91. The average molecular weight is 715 g/mol. The van der Waals surface area contributed by atoms with E-state index in [-0.39, 0.29) is 32.1 Å². The second-order valence-electron chi connectivity index (χ2n) is 10.4. The Morgan fingerprint density at radius 1 is 0.444 bits per heavy atom. The molecule has 0 bridgehead atoms. The fourth-order valence-corrected chi connectivity index (χ4v) is 6.22. The standard InChI is InChI=1S/C24H45O18P3/c1-4-7-10-13-16(25)37-19-20(38-17(26)14-11-8-5-2)22(40-43(28,29)30)24(42-45(34,35)36)23(41-44(31,32)33)21(19)39-18(27)15-12-9-6-3/h19-24H,4-15H2,1-3H3,(H2,28,29,30)(H2,31,32,33)(H2,34,35,36). The van der Waals surface area contributed by atoms with E-state index in [4.69, 9.17) is 23.3 Å². The third kappa shape index (κ3) is 16.9. The van der Waals surface area contributed by atoms with Crippen LogP contribution in [0.4, 0.5) is 0 Å². The second kappa shape index (κ2) is 19.5. The molecule has 0 aromatic carbocycles. The van der Waals surface area contributed by atoms with Crippen LogP contribution in [0.1, 0.15) is 97.8 Å². The Labute approximate surface area is 261 Å². The second-order valence-corrected chi connectivity index (χ2v) is 14.0. The Morgan fingerprint density at radius 3 is 0.889 bits per heavy atom. The molecule has 0 amide bonds. The third-order valence-corrected chi connectivity index (χ3v) is 8.03. The zero-order chi connectivity index (χ0) is 34.4. The molecule has 1 aliphatic carbocycles. The first kappa shape index (κ1) is 41.8. The number of hydrogen-bond acceptors (Lipinski definition) is 12. The maximum atomic E-state index is 12.9. The summed E-state index contributed by atoms with van der Waals surface area (Å²) in [5.74, 6) is -3.05. The molecule has 0 radical (unpaired) electrons. The average Bonchev–Trinajstić information content (AvgIpc) is 2.88. The maximum absolute atomic E-state index is 12.9. The predicted molar refractivity (Wildman–Crippen MR) is 153 cm³/mol. The van der Waals surface area contributed by atoms with E-state index in [1.54, 1.807) is 0 Å². The molecule has 4 atom stereocenters. The van der Waals surface area contributed by atoms with Crippen molar-refractivity contribution in [2.75, 3.05) is 0 Å². The van der Waals surface area contributed by atoms with E-state index in [0.717, 1.165) is 0 Å². The monoisotopic (exact) mass is 714 g/mol. The summed E-state index contributed by atoms with van der Waals surface area (Å²) in [4.78, 5) is 96.7. The summed E-state index contributed by atoms with van der Waals surface area (Å²) in [5.41, 5.74) is 0. The fourth-order valence-electron chi connectivity index (χ4n) is 4.55. The molecular formula is C24H45O18P3. The first-order valence-corrected chi connectivity index (χ1v) is 19.2. The highest BCUT2D eigenvalue weighted by Crippen LogP contribution is 2.51. The van der Waals surface area contributed by atoms with Crippen LogP contribution in [0, 0.1) is 0 Å². The lowest BCUT2D eigenvalue weighted by molar-refractivity contribution is -0.241. The molecular weight excluding hydrogens is 669 g/mol. The molecule has 0 saturated heterocycles. The van der Waals surface area contributed by atoms with E-state index in [2.05, 4.69) is 4.52 Å². The number of carbonyl (C=O) groups is 3. The van der Waals surface area contributed by atoms with Crippen molar-refractivity contribution in [3.63, 3.8) is 0 Å². The lowest BCUT2D eigenvalue weighted by Crippen LogP contribution is -2.67. The maximum Gasteiger partial charge on any atom is 0.470 e. The van der Waals surface area contributed by atoms with Gasteiger partial charge in [-0.15, -0.1) is 0 Å². The van der Waals surface area contributed by atoms with E-state index in [0.29, 0.717) is 44.9 Å². The fraction of sp³-hybridized carbons (Fsp3) is 0.875. The van der Waals surface area contributed by atoms with Gasteiger partial charge in [0, 0.05) is 19.3 Å². The zero-order valence-electron chi connectivity index (χ0n) is 25.4. The summed E-state index contributed by atoms with van der Waals surface area (Å²) in [7, 11) is -17.1. The number of phosphoric ester groups is 3. The van der Waals surface area contributed by atoms with E-state index in [1.165, 1.54) is 0 Å². The zero-order valence-corrected chi connectivity index (χ0v) is 28.1. The van der Waals surface area contributed by atoms with Crippen molar-refractivity contribution in [3.05, 3.63) is 0 Å². The van der Waals surface area contributed by atoms with Gasteiger partial charge >= 0.3 is 41.4 Å². The smallest absolute Gasteiger partial charge is 0.455 e. The van der Waals surface area contributed by atoms with Crippen LogP contribution in [0.2, 0.25) is 0 Å². The van der Waals surface area contributed by atoms with Gasteiger partial charge in [0.2, 0.25) is 0 Å².